The van der Waals surface area contributed by atoms with Gasteiger partial charge in [-0.05, 0) is 25.0 Å². The van der Waals surface area contributed by atoms with E-state index in [2.05, 4.69) is 5.32 Å². The van der Waals surface area contributed by atoms with Crippen LogP contribution in [0.5, 0.6) is 0 Å². The smallest absolute Gasteiger partial charge is 0.289 e. The highest BCUT2D eigenvalue weighted by atomic mass is 35.5. The third-order valence-electron chi connectivity index (χ3n) is 3.43. The minimum Gasteiger partial charge on any atom is -0.325 e. The van der Waals surface area contributed by atoms with Gasteiger partial charge in [0.1, 0.15) is 5.02 Å². The molecule has 114 valence electrons. The van der Waals surface area contributed by atoms with E-state index in [9.17, 15) is 14.9 Å². The predicted molar refractivity (Wildman–Crippen MR) is 86.1 cm³/mol. The van der Waals surface area contributed by atoms with Crippen LogP contribution in [0.2, 0.25) is 5.02 Å². The number of rotatable bonds is 5. The van der Waals surface area contributed by atoms with Crippen LogP contribution in [0.4, 0.5) is 11.4 Å². The van der Waals surface area contributed by atoms with E-state index >= 15 is 0 Å². The van der Waals surface area contributed by atoms with Gasteiger partial charge >= 0.3 is 0 Å². The molecule has 0 spiro atoms. The summed E-state index contributed by atoms with van der Waals surface area (Å²) in [6, 6.07) is 4.27. The second kappa shape index (κ2) is 7.66. The first kappa shape index (κ1) is 16.1. The van der Waals surface area contributed by atoms with Crippen LogP contribution in [-0.2, 0) is 4.79 Å². The summed E-state index contributed by atoms with van der Waals surface area (Å²) in [6.07, 6.45) is 6.11. The summed E-state index contributed by atoms with van der Waals surface area (Å²) in [5, 5.41) is 14.1. The number of nitrogens with zero attached hydrogens (tertiary/aromatic N) is 1. The van der Waals surface area contributed by atoms with Gasteiger partial charge in [-0.2, -0.15) is 0 Å². The monoisotopic (exact) mass is 328 g/mol. The zero-order valence-electron chi connectivity index (χ0n) is 11.5. The van der Waals surface area contributed by atoms with Crippen LogP contribution in [-0.4, -0.2) is 21.8 Å². The van der Waals surface area contributed by atoms with Crippen LogP contribution < -0.4 is 5.32 Å². The minimum atomic E-state index is -0.561. The minimum absolute atomic E-state index is 0.0644. The lowest BCUT2D eigenvalue weighted by Crippen LogP contribution is -2.17. The van der Waals surface area contributed by atoms with Gasteiger partial charge in [-0.3, -0.25) is 14.9 Å². The fourth-order valence-corrected chi connectivity index (χ4v) is 3.67. The lowest BCUT2D eigenvalue weighted by atomic mass is 10.0. The van der Waals surface area contributed by atoms with E-state index in [-0.39, 0.29) is 16.6 Å². The first-order valence-corrected chi connectivity index (χ1v) is 8.34. The fraction of sp³-hybridized carbons (Fsp3) is 0.500. The summed E-state index contributed by atoms with van der Waals surface area (Å²) in [4.78, 5) is 22.1. The number of carbonyl (C=O) groups excluding carboxylic acids is 1. The van der Waals surface area contributed by atoms with Gasteiger partial charge < -0.3 is 5.32 Å². The van der Waals surface area contributed by atoms with E-state index in [4.69, 9.17) is 11.6 Å². The molecule has 1 aromatic rings. The van der Waals surface area contributed by atoms with Gasteiger partial charge in [0.05, 0.1) is 10.7 Å². The van der Waals surface area contributed by atoms with Crippen LogP contribution in [0.25, 0.3) is 0 Å². The number of carbonyl (C=O) groups is 1. The molecule has 7 heteroatoms. The molecule has 0 unspecified atom stereocenters. The zero-order valence-corrected chi connectivity index (χ0v) is 13.1. The molecule has 1 saturated carbocycles. The van der Waals surface area contributed by atoms with Gasteiger partial charge in [0, 0.05) is 17.0 Å². The third kappa shape index (κ3) is 4.89. The highest BCUT2D eigenvalue weighted by Crippen LogP contribution is 2.29. The Morgan fingerprint density at radius 2 is 2.10 bits per heavy atom. The second-order valence-electron chi connectivity index (χ2n) is 5.04. The van der Waals surface area contributed by atoms with Crippen LogP contribution in [0.3, 0.4) is 0 Å². The number of hydrogen-bond acceptors (Lipinski definition) is 4. The Balaban J connectivity index is 1.87. The molecular formula is C14H17ClN2O3S. The van der Waals surface area contributed by atoms with Crippen molar-refractivity contribution in [3.05, 3.63) is 33.3 Å². The lowest BCUT2D eigenvalue weighted by molar-refractivity contribution is -0.384. The van der Waals surface area contributed by atoms with Gasteiger partial charge in [-0.25, -0.2) is 0 Å². The number of nitro groups is 1. The normalized spacial score (nSPS) is 15.7. The molecule has 1 amide bonds. The molecule has 0 radical (unpaired) electrons. The molecule has 1 aromatic carbocycles. The number of halogens is 1. The number of thioether (sulfide) groups is 1. The number of benzene rings is 1. The maximum absolute atomic E-state index is 11.9. The molecular weight excluding hydrogens is 312 g/mol. The van der Waals surface area contributed by atoms with Crippen LogP contribution >= 0.6 is 23.4 Å². The molecule has 1 aliphatic carbocycles. The Morgan fingerprint density at radius 3 is 2.76 bits per heavy atom. The molecule has 2 rings (SSSR count). The number of nitrogens with one attached hydrogen (secondary N) is 1. The second-order valence-corrected chi connectivity index (χ2v) is 6.74. The van der Waals surface area contributed by atoms with Crippen molar-refractivity contribution in [2.45, 2.75) is 37.4 Å². The SMILES string of the molecule is O=C(CSC1CCCCC1)Nc1ccc(Cl)c([N+](=O)[O-])c1. The highest BCUT2D eigenvalue weighted by Gasteiger charge is 2.17. The third-order valence-corrected chi connectivity index (χ3v) is 5.12. The van der Waals surface area contributed by atoms with Crippen molar-refractivity contribution < 1.29 is 9.72 Å². The molecule has 0 atom stereocenters. The van der Waals surface area contributed by atoms with Gasteiger partial charge in [0.25, 0.3) is 5.69 Å². The summed E-state index contributed by atoms with van der Waals surface area (Å²) in [5.41, 5.74) is 0.203. The fourth-order valence-electron chi connectivity index (χ4n) is 2.35. The first-order valence-electron chi connectivity index (χ1n) is 6.91. The van der Waals surface area contributed by atoms with Gasteiger partial charge in [0.15, 0.2) is 0 Å². The standard InChI is InChI=1S/C14H17ClN2O3S/c15-12-7-6-10(8-13(12)17(19)20)16-14(18)9-21-11-4-2-1-3-5-11/h6-8,11H,1-5,9H2,(H,16,18). The van der Waals surface area contributed by atoms with Crippen LogP contribution in [0, 0.1) is 10.1 Å². The number of nitro benzene ring substituents is 1. The maximum atomic E-state index is 11.9. The van der Waals surface area contributed by atoms with Gasteiger partial charge in [0.2, 0.25) is 5.91 Å². The molecule has 5 nitrogen and oxygen atoms in total. The summed E-state index contributed by atoms with van der Waals surface area (Å²) in [5.74, 6) is 0.239. The van der Waals surface area contributed by atoms with Crippen LogP contribution in [0.1, 0.15) is 32.1 Å². The van der Waals surface area contributed by atoms with Crippen molar-refractivity contribution in [3.8, 4) is 0 Å². The molecule has 1 aliphatic rings. The Labute approximate surface area is 132 Å². The number of hydrogen-bond donors (Lipinski definition) is 1. The number of amides is 1. The lowest BCUT2D eigenvalue weighted by Gasteiger charge is -2.20. The zero-order chi connectivity index (χ0) is 15.2. The van der Waals surface area contributed by atoms with Crippen LogP contribution in [0.15, 0.2) is 18.2 Å². The Morgan fingerprint density at radius 1 is 1.38 bits per heavy atom. The Hall–Kier alpha value is -1.27. The van der Waals surface area contributed by atoms with Gasteiger partial charge in [-0.15, -0.1) is 11.8 Å². The molecule has 0 bridgehead atoms. The van der Waals surface area contributed by atoms with Gasteiger partial charge in [-0.1, -0.05) is 30.9 Å². The van der Waals surface area contributed by atoms with E-state index in [0.29, 0.717) is 16.7 Å². The average molecular weight is 329 g/mol. The summed E-state index contributed by atoms with van der Waals surface area (Å²) < 4.78 is 0. The van der Waals surface area contributed by atoms with Crippen molar-refractivity contribution in [1.29, 1.82) is 0 Å². The summed E-state index contributed by atoms with van der Waals surface area (Å²) in [6.45, 7) is 0. The predicted octanol–water partition coefficient (Wildman–Crippen LogP) is 4.25. The average Bonchev–Trinajstić information content (AvgIpc) is 2.48. The Bertz CT molecular complexity index is 533. The van der Waals surface area contributed by atoms with Crippen molar-refractivity contribution in [3.63, 3.8) is 0 Å². The first-order chi connectivity index (χ1) is 10.1. The topological polar surface area (TPSA) is 72.2 Å². The molecule has 1 fully saturated rings. The molecule has 0 aliphatic heterocycles. The molecule has 21 heavy (non-hydrogen) atoms. The van der Waals surface area contributed by atoms with E-state index in [1.165, 1.54) is 44.2 Å². The molecule has 0 saturated heterocycles. The molecule has 1 N–H and O–H groups in total. The highest BCUT2D eigenvalue weighted by molar-refractivity contribution is 8.00. The van der Waals surface area contributed by atoms with Crippen molar-refractivity contribution in [2.24, 2.45) is 0 Å². The van der Waals surface area contributed by atoms with Crippen molar-refractivity contribution >= 4 is 40.6 Å². The summed E-state index contributed by atoms with van der Waals surface area (Å²) in [7, 11) is 0. The molecule has 0 aromatic heterocycles. The maximum Gasteiger partial charge on any atom is 0.289 e. The van der Waals surface area contributed by atoms with E-state index in [1.807, 2.05) is 0 Å². The molecule has 0 heterocycles. The largest absolute Gasteiger partial charge is 0.325 e. The van der Waals surface area contributed by atoms with Crippen molar-refractivity contribution in [2.75, 3.05) is 11.1 Å². The quantitative estimate of drug-likeness (QED) is 0.647. The number of anilines is 1. The van der Waals surface area contributed by atoms with E-state index in [0.717, 1.165) is 0 Å². The van der Waals surface area contributed by atoms with Crippen molar-refractivity contribution in [1.82, 2.24) is 0 Å². The van der Waals surface area contributed by atoms with E-state index < -0.39 is 4.92 Å². The summed E-state index contributed by atoms with van der Waals surface area (Å²) >= 11 is 7.40. The van der Waals surface area contributed by atoms with E-state index in [1.54, 1.807) is 17.8 Å². The Kier molecular flexibility index (Phi) is 5.87.